The van der Waals surface area contributed by atoms with Gasteiger partial charge in [-0.3, -0.25) is 4.79 Å². The lowest BCUT2D eigenvalue weighted by molar-refractivity contribution is -0.121. The molecule has 0 bridgehead atoms. The van der Waals surface area contributed by atoms with E-state index in [0.29, 0.717) is 29.0 Å². The molecule has 2 aliphatic carbocycles. The first-order valence-corrected chi connectivity index (χ1v) is 6.43. The molecule has 18 heavy (non-hydrogen) atoms. The van der Waals surface area contributed by atoms with Crippen molar-refractivity contribution in [2.75, 3.05) is 0 Å². The molecule has 3 rings (SSSR count). The fraction of sp³-hybridized carbons (Fsp3) is 0.400. The first kappa shape index (κ1) is 8.76. The molecule has 2 N–H and O–H groups in total. The van der Waals surface area contributed by atoms with Crippen molar-refractivity contribution in [3.8, 4) is 0 Å². The Balaban J connectivity index is 2.27. The van der Waals surface area contributed by atoms with Crippen LogP contribution in [0.25, 0.3) is 5.57 Å². The van der Waals surface area contributed by atoms with Crippen LogP contribution in [-0.2, 0) is 11.2 Å². The van der Waals surface area contributed by atoms with Crippen LogP contribution < -0.4 is 5.73 Å². The van der Waals surface area contributed by atoms with Crippen molar-refractivity contribution >= 4 is 23.1 Å². The molecule has 2 aliphatic rings. The molecule has 0 spiro atoms. The smallest absolute Gasteiger partial charge is 0.224 e. The summed E-state index contributed by atoms with van der Waals surface area (Å²) in [5, 5.41) is 0.347. The summed E-state index contributed by atoms with van der Waals surface area (Å²) in [6.07, 6.45) is -0.387. The average Bonchev–Trinajstić information content (AvgIpc) is 2.76. The van der Waals surface area contributed by atoms with E-state index in [4.69, 9.17) is 21.4 Å². The molecule has 0 aromatic heterocycles. The third kappa shape index (κ3) is 1.67. The highest BCUT2D eigenvalue weighted by Gasteiger charge is 2.33. The van der Waals surface area contributed by atoms with Gasteiger partial charge in [-0.25, -0.2) is 0 Å². The molecule has 1 aromatic carbocycles. The fourth-order valence-corrected chi connectivity index (χ4v) is 2.98. The molecule has 1 amide bonds. The molecule has 0 fully saturated rings. The minimum atomic E-state index is -1.54. The number of amides is 1. The molecule has 3 heteroatoms. The second kappa shape index (κ2) is 4.13. The van der Waals surface area contributed by atoms with Crippen LogP contribution in [0, 0.1) is 12.8 Å². The number of primary amides is 1. The number of allylic oxidation sites excluding steroid dienone is 1. The number of hydrogen-bond acceptors (Lipinski definition) is 1. The number of fused-ring (bicyclic) bond motifs is 2. The Morgan fingerprint density at radius 2 is 2.44 bits per heavy atom. The Kier molecular flexibility index (Phi) is 2.01. The van der Waals surface area contributed by atoms with Gasteiger partial charge in [-0.1, -0.05) is 17.7 Å². The Morgan fingerprint density at radius 1 is 1.67 bits per heavy atom. The van der Waals surface area contributed by atoms with Gasteiger partial charge in [0.05, 0.1) is 7.29 Å². The molecule has 1 atom stereocenters. The molecule has 0 aliphatic heterocycles. The number of rotatable bonds is 1. The molecule has 94 valence electrons. The third-order valence-corrected chi connectivity index (χ3v) is 4.14. The summed E-state index contributed by atoms with van der Waals surface area (Å²) in [4.78, 5) is 11.7. The largest absolute Gasteiger partial charge is 0.369 e. The van der Waals surface area contributed by atoms with Crippen LogP contribution >= 0.6 is 11.6 Å². The topological polar surface area (TPSA) is 43.1 Å². The van der Waals surface area contributed by atoms with E-state index in [1.54, 1.807) is 0 Å². The third-order valence-electron chi connectivity index (χ3n) is 3.74. The molecule has 0 saturated heterocycles. The summed E-state index contributed by atoms with van der Waals surface area (Å²) in [5.74, 6) is -0.852. The van der Waals surface area contributed by atoms with Crippen molar-refractivity contribution in [1.82, 2.24) is 0 Å². The van der Waals surface area contributed by atoms with Crippen molar-refractivity contribution in [2.45, 2.75) is 32.6 Å². The Morgan fingerprint density at radius 3 is 3.17 bits per heavy atom. The van der Waals surface area contributed by atoms with Crippen LogP contribution in [-0.4, -0.2) is 5.91 Å². The predicted octanol–water partition coefficient (Wildman–Crippen LogP) is 3.24. The average molecular weight is 265 g/mol. The zero-order chi connectivity index (χ0) is 15.5. The standard InChI is InChI=1S/C15H16ClNO/c1-8-5-9-6-13-10(12(9)7-14(8)16)3-2-4-11(13)15(17)18/h5,7,11H,2-4,6H2,1H3,(H2,17,18)/i3D2,7D. The highest BCUT2D eigenvalue weighted by Crippen LogP contribution is 2.45. The maximum Gasteiger partial charge on any atom is 0.224 e. The van der Waals surface area contributed by atoms with Crippen LogP contribution in [0.5, 0.6) is 0 Å². The van der Waals surface area contributed by atoms with Gasteiger partial charge in [-0.15, -0.1) is 0 Å². The summed E-state index contributed by atoms with van der Waals surface area (Å²) in [6.45, 7) is 1.83. The summed E-state index contributed by atoms with van der Waals surface area (Å²) < 4.78 is 24.8. The van der Waals surface area contributed by atoms with Gasteiger partial charge in [0.2, 0.25) is 5.91 Å². The number of carbonyl (C=O) groups is 1. The highest BCUT2D eigenvalue weighted by molar-refractivity contribution is 6.31. The SMILES string of the molecule is [2H]c1c(Cl)c(C)cc2c1C1=C(C2)C(C(N)=O)CCC1([2H])[2H]. The molecule has 1 unspecified atom stereocenters. The van der Waals surface area contributed by atoms with Gasteiger partial charge >= 0.3 is 0 Å². The summed E-state index contributed by atoms with van der Waals surface area (Å²) in [6, 6.07) is 2.05. The summed E-state index contributed by atoms with van der Waals surface area (Å²) >= 11 is 6.16. The Hall–Kier alpha value is -1.28. The normalized spacial score (nSPS) is 27.0. The molecule has 0 saturated carbocycles. The summed E-state index contributed by atoms with van der Waals surface area (Å²) in [7, 11) is 0. The van der Waals surface area contributed by atoms with Crippen molar-refractivity contribution in [3.63, 3.8) is 0 Å². The van der Waals surface area contributed by atoms with Gasteiger partial charge < -0.3 is 5.73 Å². The van der Waals surface area contributed by atoms with Gasteiger partial charge in [-0.2, -0.15) is 0 Å². The van der Waals surface area contributed by atoms with Gasteiger partial charge in [0.15, 0.2) is 0 Å². The number of benzene rings is 1. The van der Waals surface area contributed by atoms with Crippen molar-refractivity contribution in [1.29, 1.82) is 0 Å². The fourth-order valence-electron chi connectivity index (χ4n) is 2.83. The monoisotopic (exact) mass is 264 g/mol. The lowest BCUT2D eigenvalue weighted by Gasteiger charge is -2.22. The number of aryl methyl sites for hydroxylation is 1. The zero-order valence-corrected chi connectivity index (χ0v) is 10.9. The van der Waals surface area contributed by atoms with Crippen LogP contribution in [0.4, 0.5) is 0 Å². The molecule has 0 heterocycles. The van der Waals surface area contributed by atoms with Gasteiger partial charge in [0.1, 0.15) is 0 Å². The highest BCUT2D eigenvalue weighted by atomic mass is 35.5. The Labute approximate surface area is 116 Å². The van der Waals surface area contributed by atoms with E-state index in [0.717, 1.165) is 16.7 Å². The van der Waals surface area contributed by atoms with E-state index < -0.39 is 18.2 Å². The van der Waals surface area contributed by atoms with E-state index in [-0.39, 0.29) is 12.5 Å². The minimum absolute atomic E-state index is 0.158. The van der Waals surface area contributed by atoms with Crippen molar-refractivity contribution in [3.05, 3.63) is 39.4 Å². The first-order chi connectivity index (χ1) is 9.74. The number of halogens is 1. The predicted molar refractivity (Wildman–Crippen MR) is 73.3 cm³/mol. The van der Waals surface area contributed by atoms with Crippen LogP contribution in [0.2, 0.25) is 5.02 Å². The van der Waals surface area contributed by atoms with Crippen molar-refractivity contribution in [2.24, 2.45) is 11.7 Å². The van der Waals surface area contributed by atoms with E-state index in [9.17, 15) is 4.79 Å². The van der Waals surface area contributed by atoms with Gasteiger partial charge in [0, 0.05) is 7.76 Å². The van der Waals surface area contributed by atoms with Gasteiger partial charge in [-0.05, 0) is 66.4 Å². The van der Waals surface area contributed by atoms with E-state index in [1.165, 1.54) is 0 Å². The molecular formula is C15H16ClNO. The zero-order valence-electron chi connectivity index (χ0n) is 13.1. The maximum atomic E-state index is 11.7. The minimum Gasteiger partial charge on any atom is -0.369 e. The van der Waals surface area contributed by atoms with Crippen LogP contribution in [0.3, 0.4) is 0 Å². The van der Waals surface area contributed by atoms with Gasteiger partial charge in [0.25, 0.3) is 0 Å². The molecule has 1 aromatic rings. The number of nitrogens with two attached hydrogens (primary N) is 1. The molecular weight excluding hydrogens is 246 g/mol. The summed E-state index contributed by atoms with van der Waals surface area (Å²) in [5.41, 5.74) is 8.93. The quantitative estimate of drug-likeness (QED) is 0.831. The number of carbonyl (C=O) groups excluding carboxylic acids is 1. The second-order valence-corrected chi connectivity index (χ2v) is 5.29. The lowest BCUT2D eigenvalue weighted by atomic mass is 9.82. The first-order valence-electron chi connectivity index (χ1n) is 7.56. The second-order valence-electron chi connectivity index (χ2n) is 4.91. The van der Waals surface area contributed by atoms with Crippen molar-refractivity contribution < 1.29 is 8.91 Å². The van der Waals surface area contributed by atoms with E-state index in [1.807, 2.05) is 13.0 Å². The van der Waals surface area contributed by atoms with Crippen LogP contribution in [0.1, 0.15) is 40.0 Å². The maximum absolute atomic E-state index is 11.7. The number of hydrogen-bond donors (Lipinski definition) is 1. The molecule has 2 nitrogen and oxygen atoms in total. The Bertz CT molecular complexity index is 697. The van der Waals surface area contributed by atoms with E-state index in [2.05, 4.69) is 0 Å². The molecule has 0 radical (unpaired) electrons. The lowest BCUT2D eigenvalue weighted by Crippen LogP contribution is -2.27. The van der Waals surface area contributed by atoms with Crippen LogP contribution in [0.15, 0.2) is 17.7 Å². The van der Waals surface area contributed by atoms with E-state index >= 15 is 0 Å².